The second-order valence-corrected chi connectivity index (χ2v) is 8.72. The van der Waals surface area contributed by atoms with Gasteiger partial charge in [-0.1, -0.05) is 32.9 Å². The van der Waals surface area contributed by atoms with Gasteiger partial charge in [0.2, 0.25) is 0 Å². The molecule has 1 heterocycles. The molecule has 6 heteroatoms. The summed E-state index contributed by atoms with van der Waals surface area (Å²) in [6.45, 7) is 12.3. The van der Waals surface area contributed by atoms with Crippen molar-refractivity contribution in [2.24, 2.45) is 10.4 Å². The third-order valence-corrected chi connectivity index (χ3v) is 5.31. The zero-order valence-electron chi connectivity index (χ0n) is 18.8. The van der Waals surface area contributed by atoms with E-state index in [2.05, 4.69) is 43.3 Å². The van der Waals surface area contributed by atoms with Gasteiger partial charge in [-0.3, -0.25) is 4.79 Å². The standard InChI is InChI=1S/C23H38N4O2/c1-6-24-22(26-17-20(29-5)23(2,3)4)25-16-18-10-12-19(13-11-18)21(28)27-14-8-7-9-15-27/h10-13,20H,6-9,14-17H2,1-5H3,(H2,24,25,26). The van der Waals surface area contributed by atoms with Crippen LogP contribution in [0.25, 0.3) is 0 Å². The molecule has 29 heavy (non-hydrogen) atoms. The summed E-state index contributed by atoms with van der Waals surface area (Å²) in [4.78, 5) is 19.2. The maximum Gasteiger partial charge on any atom is 0.253 e. The number of ether oxygens (including phenoxy) is 1. The molecule has 0 radical (unpaired) electrons. The van der Waals surface area contributed by atoms with Crippen LogP contribution in [0.3, 0.4) is 0 Å². The van der Waals surface area contributed by atoms with E-state index < -0.39 is 0 Å². The maximum absolute atomic E-state index is 12.6. The number of likely N-dealkylation sites (tertiary alicyclic amines) is 1. The van der Waals surface area contributed by atoms with E-state index in [0.29, 0.717) is 13.1 Å². The molecule has 1 amide bonds. The summed E-state index contributed by atoms with van der Waals surface area (Å²) in [7, 11) is 1.74. The number of nitrogens with zero attached hydrogens (tertiary/aromatic N) is 2. The van der Waals surface area contributed by atoms with Crippen LogP contribution in [0.1, 0.15) is 62.9 Å². The highest BCUT2D eigenvalue weighted by atomic mass is 16.5. The number of carbonyl (C=O) groups excluding carboxylic acids is 1. The SMILES string of the molecule is CCNC(=NCc1ccc(C(=O)N2CCCCC2)cc1)NCC(OC)C(C)(C)C. The minimum atomic E-state index is 0.0514. The average molecular weight is 403 g/mol. The molecule has 2 N–H and O–H groups in total. The Hall–Kier alpha value is -2.08. The Kier molecular flexibility index (Phi) is 8.96. The maximum atomic E-state index is 12.6. The molecule has 1 aliphatic heterocycles. The summed E-state index contributed by atoms with van der Waals surface area (Å²) in [6.07, 6.45) is 3.53. The molecule has 1 fully saturated rings. The zero-order valence-corrected chi connectivity index (χ0v) is 18.8. The first kappa shape index (κ1) is 23.2. The molecule has 162 valence electrons. The summed E-state index contributed by atoms with van der Waals surface area (Å²) < 4.78 is 5.61. The lowest BCUT2D eigenvalue weighted by Crippen LogP contribution is -2.45. The van der Waals surface area contributed by atoms with Crippen LogP contribution in [0.2, 0.25) is 0 Å². The monoisotopic (exact) mass is 402 g/mol. The first-order chi connectivity index (χ1) is 13.8. The van der Waals surface area contributed by atoms with Crippen LogP contribution in [0.15, 0.2) is 29.3 Å². The molecule has 0 aliphatic carbocycles. The number of hydrogen-bond donors (Lipinski definition) is 2. The number of aliphatic imine (C=N–C) groups is 1. The minimum Gasteiger partial charge on any atom is -0.379 e. The van der Waals surface area contributed by atoms with Crippen LogP contribution < -0.4 is 10.6 Å². The third kappa shape index (κ3) is 7.35. The summed E-state index contributed by atoms with van der Waals surface area (Å²) in [5, 5.41) is 6.65. The Bertz CT molecular complexity index is 658. The Morgan fingerprint density at radius 2 is 1.79 bits per heavy atom. The van der Waals surface area contributed by atoms with Gasteiger partial charge in [0, 0.05) is 38.9 Å². The zero-order chi connectivity index (χ0) is 21.3. The van der Waals surface area contributed by atoms with Crippen molar-refractivity contribution < 1.29 is 9.53 Å². The predicted molar refractivity (Wildman–Crippen MR) is 119 cm³/mol. The van der Waals surface area contributed by atoms with Crippen molar-refractivity contribution >= 4 is 11.9 Å². The van der Waals surface area contributed by atoms with E-state index in [9.17, 15) is 4.79 Å². The minimum absolute atomic E-state index is 0.0514. The average Bonchev–Trinajstić information content (AvgIpc) is 2.72. The van der Waals surface area contributed by atoms with Crippen LogP contribution >= 0.6 is 0 Å². The molecule has 0 aromatic heterocycles. The molecule has 1 atom stereocenters. The first-order valence-corrected chi connectivity index (χ1v) is 10.8. The van der Waals surface area contributed by atoms with E-state index in [1.54, 1.807) is 7.11 Å². The van der Waals surface area contributed by atoms with Gasteiger partial charge >= 0.3 is 0 Å². The van der Waals surface area contributed by atoms with Crippen molar-refractivity contribution in [3.63, 3.8) is 0 Å². The van der Waals surface area contributed by atoms with Crippen molar-refractivity contribution in [3.8, 4) is 0 Å². The Labute approximate surface area is 176 Å². The number of hydrogen-bond acceptors (Lipinski definition) is 3. The topological polar surface area (TPSA) is 66.0 Å². The number of piperidine rings is 1. The van der Waals surface area contributed by atoms with Gasteiger partial charge in [-0.15, -0.1) is 0 Å². The molecule has 6 nitrogen and oxygen atoms in total. The summed E-state index contributed by atoms with van der Waals surface area (Å²) in [6, 6.07) is 7.83. The van der Waals surface area contributed by atoms with E-state index in [4.69, 9.17) is 4.74 Å². The van der Waals surface area contributed by atoms with E-state index >= 15 is 0 Å². The fraction of sp³-hybridized carbons (Fsp3) is 0.652. The van der Waals surface area contributed by atoms with Gasteiger partial charge in [0.1, 0.15) is 0 Å². The van der Waals surface area contributed by atoms with Gasteiger partial charge in [0.25, 0.3) is 5.91 Å². The molecule has 2 rings (SSSR count). The first-order valence-electron chi connectivity index (χ1n) is 10.8. The van der Waals surface area contributed by atoms with Crippen LogP contribution in [-0.2, 0) is 11.3 Å². The fourth-order valence-electron chi connectivity index (χ4n) is 3.48. The van der Waals surface area contributed by atoms with Crippen molar-refractivity contribution in [1.29, 1.82) is 0 Å². The van der Waals surface area contributed by atoms with Crippen LogP contribution in [-0.4, -0.2) is 56.2 Å². The molecule has 1 aromatic carbocycles. The summed E-state index contributed by atoms with van der Waals surface area (Å²) >= 11 is 0. The molecule has 1 aromatic rings. The molecule has 0 saturated carbocycles. The van der Waals surface area contributed by atoms with Crippen molar-refractivity contribution in [1.82, 2.24) is 15.5 Å². The summed E-state index contributed by atoms with van der Waals surface area (Å²) in [5.41, 5.74) is 1.89. The van der Waals surface area contributed by atoms with Gasteiger partial charge < -0.3 is 20.3 Å². The lowest BCUT2D eigenvalue weighted by Gasteiger charge is -2.30. The predicted octanol–water partition coefficient (Wildman–Crippen LogP) is 3.43. The molecular weight excluding hydrogens is 364 g/mol. The molecular formula is C23H38N4O2. The Morgan fingerprint density at radius 3 is 2.34 bits per heavy atom. The smallest absolute Gasteiger partial charge is 0.253 e. The Morgan fingerprint density at radius 1 is 1.14 bits per heavy atom. The van der Waals surface area contributed by atoms with E-state index in [-0.39, 0.29) is 17.4 Å². The highest BCUT2D eigenvalue weighted by molar-refractivity contribution is 5.94. The molecule has 1 saturated heterocycles. The number of nitrogens with one attached hydrogen (secondary N) is 2. The van der Waals surface area contributed by atoms with Crippen LogP contribution in [0.5, 0.6) is 0 Å². The number of rotatable bonds is 7. The molecule has 0 spiro atoms. The number of methoxy groups -OCH3 is 1. The number of carbonyl (C=O) groups is 1. The van der Waals surface area contributed by atoms with Gasteiger partial charge in [-0.2, -0.15) is 0 Å². The largest absolute Gasteiger partial charge is 0.379 e. The fourth-order valence-corrected chi connectivity index (χ4v) is 3.48. The van der Waals surface area contributed by atoms with Crippen molar-refractivity contribution in [3.05, 3.63) is 35.4 Å². The van der Waals surface area contributed by atoms with Crippen molar-refractivity contribution in [2.75, 3.05) is 33.3 Å². The van der Waals surface area contributed by atoms with Crippen LogP contribution in [0.4, 0.5) is 0 Å². The van der Waals surface area contributed by atoms with Gasteiger partial charge in [-0.25, -0.2) is 4.99 Å². The highest BCUT2D eigenvalue weighted by Crippen LogP contribution is 2.21. The second-order valence-electron chi connectivity index (χ2n) is 8.72. The summed E-state index contributed by atoms with van der Waals surface area (Å²) in [5.74, 6) is 0.912. The lowest BCUT2D eigenvalue weighted by molar-refractivity contribution is 0.0205. The molecule has 1 unspecified atom stereocenters. The van der Waals surface area contributed by atoms with Crippen LogP contribution in [0, 0.1) is 5.41 Å². The van der Waals surface area contributed by atoms with E-state index in [1.807, 2.05) is 29.2 Å². The lowest BCUT2D eigenvalue weighted by atomic mass is 9.89. The number of benzene rings is 1. The molecule has 0 bridgehead atoms. The van der Waals surface area contributed by atoms with E-state index in [0.717, 1.165) is 49.6 Å². The number of guanidine groups is 1. The van der Waals surface area contributed by atoms with Gasteiger partial charge in [-0.05, 0) is 49.3 Å². The van der Waals surface area contributed by atoms with Gasteiger partial charge in [0.15, 0.2) is 5.96 Å². The highest BCUT2D eigenvalue weighted by Gasteiger charge is 2.24. The third-order valence-electron chi connectivity index (χ3n) is 5.31. The normalized spacial score (nSPS) is 16.4. The van der Waals surface area contributed by atoms with Crippen molar-refractivity contribution in [2.45, 2.75) is 59.6 Å². The number of amides is 1. The second kappa shape index (κ2) is 11.2. The quantitative estimate of drug-likeness (QED) is 0.542. The molecule has 1 aliphatic rings. The van der Waals surface area contributed by atoms with E-state index in [1.165, 1.54) is 6.42 Å². The Balaban J connectivity index is 1.95. The van der Waals surface area contributed by atoms with Gasteiger partial charge in [0.05, 0.1) is 12.6 Å².